The molecule has 0 aromatic heterocycles. The molecule has 138 valence electrons. The van der Waals surface area contributed by atoms with Crippen LogP contribution in [0.4, 0.5) is 0 Å². The van der Waals surface area contributed by atoms with Crippen molar-refractivity contribution in [3.05, 3.63) is 0 Å². The molecule has 1 N–H and O–H groups in total. The Morgan fingerprint density at radius 3 is 2.62 bits per heavy atom. The highest BCUT2D eigenvalue weighted by atomic mass is 32.2. The first kappa shape index (κ1) is 19.2. The topological polar surface area (TPSA) is 86.8 Å². The summed E-state index contributed by atoms with van der Waals surface area (Å²) < 4.78 is 25.8. The molecule has 1 atom stereocenters. The number of hydrogen-bond donors (Lipinski definition) is 1. The average molecular weight is 359 g/mol. The summed E-state index contributed by atoms with van der Waals surface area (Å²) in [7, 11) is -3.37. The molecule has 7 nitrogen and oxygen atoms in total. The molecule has 2 fully saturated rings. The molecule has 0 spiro atoms. The summed E-state index contributed by atoms with van der Waals surface area (Å²) in [5.74, 6) is -0.171. The number of rotatable bonds is 3. The lowest BCUT2D eigenvalue weighted by atomic mass is 10.1. The second kappa shape index (κ2) is 8.80. The fourth-order valence-corrected chi connectivity index (χ4v) is 4.68. The molecule has 0 aromatic carbocycles. The van der Waals surface area contributed by atoms with Gasteiger partial charge >= 0.3 is 0 Å². The lowest BCUT2D eigenvalue weighted by Crippen LogP contribution is -2.49. The zero-order chi connectivity index (χ0) is 17.6. The number of sulfonamides is 1. The van der Waals surface area contributed by atoms with Gasteiger partial charge in [0.15, 0.2) is 0 Å². The molecule has 2 aliphatic heterocycles. The van der Waals surface area contributed by atoms with Crippen molar-refractivity contribution in [1.29, 1.82) is 0 Å². The highest BCUT2D eigenvalue weighted by Crippen LogP contribution is 2.23. The monoisotopic (exact) mass is 359 g/mol. The highest BCUT2D eigenvalue weighted by molar-refractivity contribution is 7.89. The first-order valence-corrected chi connectivity index (χ1v) is 10.6. The number of carbonyl (C=O) groups is 2. The Bertz CT molecular complexity index is 550. The zero-order valence-corrected chi connectivity index (χ0v) is 15.3. The van der Waals surface area contributed by atoms with E-state index in [1.165, 1.54) is 4.31 Å². The van der Waals surface area contributed by atoms with E-state index in [0.717, 1.165) is 25.7 Å². The van der Waals surface area contributed by atoms with Crippen LogP contribution in [0.25, 0.3) is 0 Å². The molecule has 2 rings (SSSR count). The third-order valence-electron chi connectivity index (χ3n) is 4.81. The van der Waals surface area contributed by atoms with Gasteiger partial charge in [-0.25, -0.2) is 8.42 Å². The quantitative estimate of drug-likeness (QED) is 0.804. The van der Waals surface area contributed by atoms with Crippen LogP contribution < -0.4 is 5.32 Å². The van der Waals surface area contributed by atoms with Gasteiger partial charge in [-0.3, -0.25) is 9.59 Å². The average Bonchev–Trinajstić information content (AvgIpc) is 3.04. The molecule has 0 unspecified atom stereocenters. The second-order valence-electron chi connectivity index (χ2n) is 6.51. The standard InChI is InChI=1S/C16H29N3O4S/c1-2-24(22,23)19-12-7-8-14(19)16(21)18-11-6-4-3-5-10-17-15(20)9-13-18/h14H,2-13H2,1H3,(H,17,20)/t14-/m0/s1. The molecule has 0 aliphatic carbocycles. The second-order valence-corrected chi connectivity index (χ2v) is 8.72. The maximum Gasteiger partial charge on any atom is 0.241 e. The van der Waals surface area contributed by atoms with E-state index >= 15 is 0 Å². The van der Waals surface area contributed by atoms with Crippen molar-refractivity contribution in [3.8, 4) is 0 Å². The Kier molecular flexibility index (Phi) is 7.03. The molecule has 2 heterocycles. The lowest BCUT2D eigenvalue weighted by Gasteiger charge is -2.29. The molecular formula is C16H29N3O4S. The van der Waals surface area contributed by atoms with E-state index in [0.29, 0.717) is 39.0 Å². The maximum absolute atomic E-state index is 12.9. The summed E-state index contributed by atoms with van der Waals surface area (Å²) in [6, 6.07) is -0.594. The first-order valence-electron chi connectivity index (χ1n) is 9.00. The van der Waals surface area contributed by atoms with Crippen LogP contribution >= 0.6 is 0 Å². The summed E-state index contributed by atoms with van der Waals surface area (Å²) in [6.45, 7) is 3.68. The van der Waals surface area contributed by atoms with E-state index in [4.69, 9.17) is 0 Å². The number of nitrogens with zero attached hydrogens (tertiary/aromatic N) is 2. The van der Waals surface area contributed by atoms with Gasteiger partial charge in [0.05, 0.1) is 5.75 Å². The Morgan fingerprint density at radius 2 is 1.88 bits per heavy atom. The van der Waals surface area contributed by atoms with Gasteiger partial charge < -0.3 is 10.2 Å². The minimum absolute atomic E-state index is 0.0131. The molecule has 0 aromatic rings. The van der Waals surface area contributed by atoms with Crippen LogP contribution in [0.15, 0.2) is 0 Å². The molecule has 2 saturated heterocycles. The number of amides is 2. The molecular weight excluding hydrogens is 330 g/mol. The number of nitrogens with one attached hydrogen (secondary N) is 1. The lowest BCUT2D eigenvalue weighted by molar-refractivity contribution is -0.135. The van der Waals surface area contributed by atoms with Crippen molar-refractivity contribution in [2.24, 2.45) is 0 Å². The minimum Gasteiger partial charge on any atom is -0.356 e. The van der Waals surface area contributed by atoms with E-state index in [1.54, 1.807) is 11.8 Å². The van der Waals surface area contributed by atoms with Gasteiger partial charge in [-0.1, -0.05) is 12.8 Å². The van der Waals surface area contributed by atoms with Gasteiger partial charge in [0.1, 0.15) is 6.04 Å². The van der Waals surface area contributed by atoms with Crippen molar-refractivity contribution >= 4 is 21.8 Å². The number of hydrogen-bond acceptors (Lipinski definition) is 4. The third-order valence-corrected chi connectivity index (χ3v) is 6.69. The van der Waals surface area contributed by atoms with Crippen LogP contribution in [-0.4, -0.2) is 67.4 Å². The molecule has 0 saturated carbocycles. The van der Waals surface area contributed by atoms with Crippen LogP contribution in [-0.2, 0) is 19.6 Å². The first-order chi connectivity index (χ1) is 11.5. The molecule has 2 aliphatic rings. The Hall–Kier alpha value is -1.15. The third kappa shape index (κ3) is 4.92. The predicted molar refractivity (Wildman–Crippen MR) is 91.9 cm³/mol. The van der Waals surface area contributed by atoms with Crippen LogP contribution in [0, 0.1) is 0 Å². The molecule has 24 heavy (non-hydrogen) atoms. The van der Waals surface area contributed by atoms with Crippen molar-refractivity contribution in [1.82, 2.24) is 14.5 Å². The van der Waals surface area contributed by atoms with E-state index < -0.39 is 16.1 Å². The van der Waals surface area contributed by atoms with Gasteiger partial charge in [0.25, 0.3) is 0 Å². The van der Waals surface area contributed by atoms with Gasteiger partial charge in [-0.05, 0) is 32.6 Å². The minimum atomic E-state index is -3.37. The van der Waals surface area contributed by atoms with Crippen LogP contribution in [0.2, 0.25) is 0 Å². The fourth-order valence-electron chi connectivity index (χ4n) is 3.36. The van der Waals surface area contributed by atoms with Gasteiger partial charge in [0.2, 0.25) is 21.8 Å². The Labute approximate surface area is 144 Å². The Morgan fingerprint density at radius 1 is 1.12 bits per heavy atom. The summed E-state index contributed by atoms with van der Waals surface area (Å²) in [6.07, 6.45) is 5.46. The SMILES string of the molecule is CCS(=O)(=O)N1CCC[C@H]1C(=O)N1CCCCCCNC(=O)CC1. The van der Waals surface area contributed by atoms with Gasteiger partial charge in [-0.15, -0.1) is 0 Å². The zero-order valence-electron chi connectivity index (χ0n) is 14.5. The van der Waals surface area contributed by atoms with Crippen molar-refractivity contribution in [3.63, 3.8) is 0 Å². The summed E-state index contributed by atoms with van der Waals surface area (Å²) in [5.41, 5.74) is 0. The van der Waals surface area contributed by atoms with E-state index in [2.05, 4.69) is 5.32 Å². The van der Waals surface area contributed by atoms with Gasteiger partial charge in [-0.2, -0.15) is 4.31 Å². The smallest absolute Gasteiger partial charge is 0.241 e. The fraction of sp³-hybridized carbons (Fsp3) is 0.875. The van der Waals surface area contributed by atoms with E-state index in [1.807, 2.05) is 0 Å². The molecule has 0 radical (unpaired) electrons. The highest BCUT2D eigenvalue weighted by Gasteiger charge is 2.39. The largest absolute Gasteiger partial charge is 0.356 e. The van der Waals surface area contributed by atoms with Gasteiger partial charge in [0, 0.05) is 32.6 Å². The molecule has 2 amide bonds. The maximum atomic E-state index is 12.9. The van der Waals surface area contributed by atoms with Crippen LogP contribution in [0.3, 0.4) is 0 Å². The van der Waals surface area contributed by atoms with E-state index in [-0.39, 0.29) is 24.0 Å². The van der Waals surface area contributed by atoms with Crippen LogP contribution in [0.5, 0.6) is 0 Å². The van der Waals surface area contributed by atoms with E-state index in [9.17, 15) is 18.0 Å². The van der Waals surface area contributed by atoms with Crippen molar-refractivity contribution < 1.29 is 18.0 Å². The molecule has 8 heteroatoms. The Balaban J connectivity index is 2.07. The summed E-state index contributed by atoms with van der Waals surface area (Å²) in [5, 5.41) is 2.87. The van der Waals surface area contributed by atoms with Crippen molar-refractivity contribution in [2.45, 2.75) is 57.9 Å². The van der Waals surface area contributed by atoms with Crippen LogP contribution in [0.1, 0.15) is 51.9 Å². The number of carbonyl (C=O) groups excluding carboxylic acids is 2. The predicted octanol–water partition coefficient (Wildman–Crippen LogP) is 0.709. The summed E-state index contributed by atoms with van der Waals surface area (Å²) >= 11 is 0. The molecule has 0 bridgehead atoms. The summed E-state index contributed by atoms with van der Waals surface area (Å²) in [4.78, 5) is 26.4. The van der Waals surface area contributed by atoms with Crippen molar-refractivity contribution in [2.75, 3.05) is 31.9 Å². The normalized spacial score (nSPS) is 25.1.